The third kappa shape index (κ3) is 3.85. The Hall–Kier alpha value is -2.56. The maximum atomic E-state index is 12.2. The zero-order valence-corrected chi connectivity index (χ0v) is 14.4. The van der Waals surface area contributed by atoms with Gasteiger partial charge in [0, 0.05) is 36.9 Å². The molecule has 5 nitrogen and oxygen atoms in total. The Morgan fingerprint density at radius 3 is 2.58 bits per heavy atom. The average molecular weight is 325 g/mol. The van der Waals surface area contributed by atoms with Crippen LogP contribution in [0.15, 0.2) is 36.7 Å². The van der Waals surface area contributed by atoms with Crippen LogP contribution >= 0.6 is 0 Å². The normalized spacial score (nSPS) is 14.7. The van der Waals surface area contributed by atoms with Crippen LogP contribution in [0.4, 0.5) is 4.79 Å². The van der Waals surface area contributed by atoms with E-state index in [-0.39, 0.29) is 6.09 Å². The first-order valence-electron chi connectivity index (χ1n) is 8.17. The van der Waals surface area contributed by atoms with E-state index in [1.165, 1.54) is 0 Å². The van der Waals surface area contributed by atoms with Crippen molar-refractivity contribution >= 4 is 18.2 Å². The number of aromatic nitrogens is 2. The fourth-order valence-electron chi connectivity index (χ4n) is 2.72. The van der Waals surface area contributed by atoms with Gasteiger partial charge in [-0.2, -0.15) is 0 Å². The van der Waals surface area contributed by atoms with Crippen molar-refractivity contribution in [2.45, 2.75) is 39.5 Å². The number of pyridine rings is 1. The quantitative estimate of drug-likeness (QED) is 0.843. The van der Waals surface area contributed by atoms with Gasteiger partial charge in [-0.05, 0) is 56.7 Å². The van der Waals surface area contributed by atoms with Crippen molar-refractivity contribution < 1.29 is 9.53 Å². The maximum absolute atomic E-state index is 12.2. The van der Waals surface area contributed by atoms with Crippen molar-refractivity contribution in [3.63, 3.8) is 0 Å². The number of amides is 1. The first kappa shape index (κ1) is 16.3. The van der Waals surface area contributed by atoms with Crippen molar-refractivity contribution in [2.75, 3.05) is 6.54 Å². The van der Waals surface area contributed by atoms with Crippen LogP contribution in [0.5, 0.6) is 0 Å². The molecule has 2 aromatic rings. The molecule has 0 aliphatic carbocycles. The highest BCUT2D eigenvalue weighted by atomic mass is 16.6. The number of rotatable bonds is 2. The first-order chi connectivity index (χ1) is 11.4. The van der Waals surface area contributed by atoms with E-state index in [0.717, 1.165) is 23.5 Å². The zero-order valence-electron chi connectivity index (χ0n) is 14.4. The summed E-state index contributed by atoms with van der Waals surface area (Å²) >= 11 is 0. The summed E-state index contributed by atoms with van der Waals surface area (Å²) in [5.74, 6) is 0. The van der Waals surface area contributed by atoms with Gasteiger partial charge >= 0.3 is 6.09 Å². The zero-order chi connectivity index (χ0) is 17.2. The van der Waals surface area contributed by atoms with Gasteiger partial charge in [0.1, 0.15) is 5.60 Å². The highest BCUT2D eigenvalue weighted by Crippen LogP contribution is 2.21. The number of hydrogen-bond acceptors (Lipinski definition) is 3. The van der Waals surface area contributed by atoms with Crippen LogP contribution in [0.2, 0.25) is 0 Å². The Labute approximate surface area is 142 Å². The number of carbonyl (C=O) groups is 1. The fourth-order valence-corrected chi connectivity index (χ4v) is 2.72. The Bertz CT molecular complexity index is 742. The van der Waals surface area contributed by atoms with Gasteiger partial charge in [-0.1, -0.05) is 6.08 Å². The molecule has 3 heterocycles. The summed E-state index contributed by atoms with van der Waals surface area (Å²) in [6, 6.07) is 8.11. The smallest absolute Gasteiger partial charge is 0.410 e. The van der Waals surface area contributed by atoms with Gasteiger partial charge in [0.25, 0.3) is 0 Å². The van der Waals surface area contributed by atoms with Crippen LogP contribution in [0, 0.1) is 0 Å². The summed E-state index contributed by atoms with van der Waals surface area (Å²) in [4.78, 5) is 18.0. The number of fused-ring (bicyclic) bond motifs is 1. The third-order valence-electron chi connectivity index (χ3n) is 3.86. The summed E-state index contributed by atoms with van der Waals surface area (Å²) in [6.45, 7) is 7.68. The summed E-state index contributed by atoms with van der Waals surface area (Å²) in [7, 11) is 0. The van der Waals surface area contributed by atoms with Gasteiger partial charge in [-0.15, -0.1) is 0 Å². The van der Waals surface area contributed by atoms with E-state index in [1.807, 2.05) is 32.9 Å². The van der Waals surface area contributed by atoms with Crippen LogP contribution < -0.4 is 0 Å². The molecule has 2 aromatic heterocycles. The number of hydrogen-bond donors (Lipinski definition) is 0. The molecule has 0 fully saturated rings. The Morgan fingerprint density at radius 2 is 1.88 bits per heavy atom. The summed E-state index contributed by atoms with van der Waals surface area (Å²) in [5.41, 5.74) is 2.92. The van der Waals surface area contributed by atoms with E-state index < -0.39 is 5.60 Å². The molecule has 0 unspecified atom stereocenters. The molecule has 0 saturated heterocycles. The molecule has 0 atom stereocenters. The van der Waals surface area contributed by atoms with E-state index >= 15 is 0 Å². The number of ether oxygens (including phenoxy) is 1. The molecule has 0 radical (unpaired) electrons. The lowest BCUT2D eigenvalue weighted by molar-refractivity contribution is 0.0199. The maximum Gasteiger partial charge on any atom is 0.410 e. The molecule has 1 aliphatic heterocycles. The lowest BCUT2D eigenvalue weighted by Gasteiger charge is -2.31. The predicted molar refractivity (Wildman–Crippen MR) is 94.2 cm³/mol. The monoisotopic (exact) mass is 325 g/mol. The van der Waals surface area contributed by atoms with Crippen LogP contribution in [0.3, 0.4) is 0 Å². The molecule has 0 N–H and O–H groups in total. The lowest BCUT2D eigenvalue weighted by atomic mass is 10.2. The molecular formula is C19H23N3O2. The molecule has 1 amide bonds. The largest absolute Gasteiger partial charge is 0.444 e. The summed E-state index contributed by atoms with van der Waals surface area (Å²) < 4.78 is 7.71. The molecule has 3 rings (SSSR count). The standard InChI is InChI=1S/C19H23N3O2/c1-19(2,3)24-18(23)21-12-13-22-16(6-7-17(22)14-21)5-4-15-8-10-20-11-9-15/h4-11H,12-14H2,1-3H3. The summed E-state index contributed by atoms with van der Waals surface area (Å²) in [5, 5.41) is 0. The second kappa shape index (κ2) is 6.51. The van der Waals surface area contributed by atoms with Crippen molar-refractivity contribution in [3.8, 4) is 0 Å². The van der Waals surface area contributed by atoms with Crippen molar-refractivity contribution in [1.29, 1.82) is 0 Å². The van der Waals surface area contributed by atoms with Gasteiger partial charge in [0.2, 0.25) is 0 Å². The van der Waals surface area contributed by atoms with E-state index in [1.54, 1.807) is 17.3 Å². The van der Waals surface area contributed by atoms with Crippen LogP contribution in [-0.4, -0.2) is 32.7 Å². The van der Waals surface area contributed by atoms with Gasteiger partial charge < -0.3 is 14.2 Å². The highest BCUT2D eigenvalue weighted by molar-refractivity contribution is 5.70. The van der Waals surface area contributed by atoms with Gasteiger partial charge in [-0.25, -0.2) is 4.79 Å². The second-order valence-electron chi connectivity index (χ2n) is 6.92. The van der Waals surface area contributed by atoms with Crippen molar-refractivity contribution in [2.24, 2.45) is 0 Å². The lowest BCUT2D eigenvalue weighted by Crippen LogP contribution is -2.41. The fraction of sp³-hybridized carbons (Fsp3) is 0.368. The molecule has 0 saturated carbocycles. The topological polar surface area (TPSA) is 47.4 Å². The molecule has 1 aliphatic rings. The Kier molecular flexibility index (Phi) is 4.42. The number of carbonyl (C=O) groups excluding carboxylic acids is 1. The Balaban J connectivity index is 1.70. The average Bonchev–Trinajstić information content (AvgIpc) is 2.94. The summed E-state index contributed by atoms with van der Waals surface area (Å²) in [6.07, 6.45) is 7.49. The second-order valence-corrected chi connectivity index (χ2v) is 6.92. The SMILES string of the molecule is CC(C)(C)OC(=O)N1CCn2c(C=Cc3ccncc3)ccc2C1. The van der Waals surface area contributed by atoms with E-state index in [0.29, 0.717) is 13.1 Å². The minimum absolute atomic E-state index is 0.246. The van der Waals surface area contributed by atoms with E-state index in [9.17, 15) is 4.79 Å². The van der Waals surface area contributed by atoms with Crippen LogP contribution in [-0.2, 0) is 17.8 Å². The predicted octanol–water partition coefficient (Wildman–Crippen LogP) is 3.80. The minimum atomic E-state index is -0.463. The molecule has 0 spiro atoms. The van der Waals surface area contributed by atoms with E-state index in [2.05, 4.69) is 33.8 Å². The molecule has 0 bridgehead atoms. The van der Waals surface area contributed by atoms with Gasteiger partial charge in [0.05, 0.1) is 6.54 Å². The van der Waals surface area contributed by atoms with Gasteiger partial charge in [0.15, 0.2) is 0 Å². The van der Waals surface area contributed by atoms with Crippen LogP contribution in [0.25, 0.3) is 12.2 Å². The number of nitrogens with zero attached hydrogens (tertiary/aromatic N) is 3. The van der Waals surface area contributed by atoms with Crippen molar-refractivity contribution in [1.82, 2.24) is 14.5 Å². The van der Waals surface area contributed by atoms with E-state index in [4.69, 9.17) is 4.74 Å². The van der Waals surface area contributed by atoms with Crippen molar-refractivity contribution in [3.05, 3.63) is 53.6 Å². The molecule has 126 valence electrons. The van der Waals surface area contributed by atoms with Crippen LogP contribution in [0.1, 0.15) is 37.7 Å². The minimum Gasteiger partial charge on any atom is -0.444 e. The first-order valence-corrected chi connectivity index (χ1v) is 8.17. The Morgan fingerprint density at radius 1 is 1.12 bits per heavy atom. The molecule has 24 heavy (non-hydrogen) atoms. The highest BCUT2D eigenvalue weighted by Gasteiger charge is 2.26. The molecule has 5 heteroatoms. The van der Waals surface area contributed by atoms with Gasteiger partial charge in [-0.3, -0.25) is 4.98 Å². The third-order valence-corrected chi connectivity index (χ3v) is 3.86. The molecule has 0 aromatic carbocycles. The molecular weight excluding hydrogens is 302 g/mol.